The van der Waals surface area contributed by atoms with E-state index in [0.717, 1.165) is 5.56 Å². The number of hydrogen-bond acceptors (Lipinski definition) is 2. The van der Waals surface area contributed by atoms with E-state index >= 15 is 0 Å². The molecule has 1 atom stereocenters. The summed E-state index contributed by atoms with van der Waals surface area (Å²) in [5, 5.41) is 14.1. The van der Waals surface area contributed by atoms with Crippen LogP contribution in [0.25, 0.3) is 0 Å². The molecule has 2 heteroatoms. The molecular formula is C14H16OS. The molecule has 1 heterocycles. The predicted molar refractivity (Wildman–Crippen MR) is 68.9 cm³/mol. The molecule has 1 N–H and O–H groups in total. The van der Waals surface area contributed by atoms with Gasteiger partial charge in [-0.25, -0.2) is 0 Å². The van der Waals surface area contributed by atoms with E-state index in [1.54, 1.807) is 11.3 Å². The maximum atomic E-state index is 10.1. The van der Waals surface area contributed by atoms with Crippen LogP contribution in [0.5, 0.6) is 0 Å². The first-order valence-electron chi connectivity index (χ1n) is 5.43. The SMILES string of the molecule is Cc1ccc(C)c(CC(O)c2ccsc2)c1. The fourth-order valence-corrected chi connectivity index (χ4v) is 2.52. The molecule has 1 unspecified atom stereocenters. The van der Waals surface area contributed by atoms with Gasteiger partial charge in [0, 0.05) is 6.42 Å². The van der Waals surface area contributed by atoms with Crippen LogP contribution in [0.2, 0.25) is 0 Å². The van der Waals surface area contributed by atoms with Crippen molar-refractivity contribution >= 4 is 11.3 Å². The Labute approximate surface area is 100 Å². The Kier molecular flexibility index (Phi) is 3.42. The van der Waals surface area contributed by atoms with Gasteiger partial charge >= 0.3 is 0 Å². The summed E-state index contributed by atoms with van der Waals surface area (Å²) in [6, 6.07) is 8.37. The summed E-state index contributed by atoms with van der Waals surface area (Å²) in [7, 11) is 0. The minimum Gasteiger partial charge on any atom is -0.388 e. The summed E-state index contributed by atoms with van der Waals surface area (Å²) in [6.07, 6.45) is 0.316. The lowest BCUT2D eigenvalue weighted by Gasteiger charge is -2.12. The lowest BCUT2D eigenvalue weighted by atomic mass is 9.98. The summed E-state index contributed by atoms with van der Waals surface area (Å²) in [4.78, 5) is 0. The van der Waals surface area contributed by atoms with E-state index in [-0.39, 0.29) is 6.10 Å². The molecule has 1 aromatic carbocycles. The first kappa shape index (κ1) is 11.4. The molecule has 84 valence electrons. The third kappa shape index (κ3) is 2.52. The molecule has 0 amide bonds. The molecule has 1 aromatic heterocycles. The lowest BCUT2D eigenvalue weighted by molar-refractivity contribution is 0.179. The molecule has 0 spiro atoms. The van der Waals surface area contributed by atoms with Gasteiger partial charge in [-0.1, -0.05) is 23.8 Å². The zero-order chi connectivity index (χ0) is 11.5. The molecule has 0 aliphatic rings. The Balaban J connectivity index is 2.17. The van der Waals surface area contributed by atoms with Crippen LogP contribution in [0.3, 0.4) is 0 Å². The minimum atomic E-state index is -0.383. The van der Waals surface area contributed by atoms with Gasteiger partial charge in [0.25, 0.3) is 0 Å². The van der Waals surface area contributed by atoms with E-state index in [9.17, 15) is 5.11 Å². The monoisotopic (exact) mass is 232 g/mol. The average Bonchev–Trinajstić information content (AvgIpc) is 2.76. The molecule has 0 aliphatic carbocycles. The van der Waals surface area contributed by atoms with Crippen molar-refractivity contribution in [1.82, 2.24) is 0 Å². The molecular weight excluding hydrogens is 216 g/mol. The van der Waals surface area contributed by atoms with Crippen LogP contribution >= 0.6 is 11.3 Å². The van der Waals surface area contributed by atoms with Crippen molar-refractivity contribution in [3.63, 3.8) is 0 Å². The summed E-state index contributed by atoms with van der Waals surface area (Å²) in [6.45, 7) is 4.18. The highest BCUT2D eigenvalue weighted by atomic mass is 32.1. The van der Waals surface area contributed by atoms with E-state index < -0.39 is 0 Å². The van der Waals surface area contributed by atoms with Gasteiger partial charge in [0.05, 0.1) is 6.10 Å². The number of hydrogen-bond donors (Lipinski definition) is 1. The van der Waals surface area contributed by atoms with E-state index in [1.165, 1.54) is 16.7 Å². The van der Waals surface area contributed by atoms with Crippen LogP contribution in [0.1, 0.15) is 28.4 Å². The molecule has 0 aliphatic heterocycles. The van der Waals surface area contributed by atoms with Crippen LogP contribution in [0.4, 0.5) is 0 Å². The molecule has 0 fully saturated rings. The average molecular weight is 232 g/mol. The van der Waals surface area contributed by atoms with Crippen molar-refractivity contribution in [3.05, 3.63) is 57.3 Å². The van der Waals surface area contributed by atoms with Crippen molar-refractivity contribution in [2.45, 2.75) is 26.4 Å². The van der Waals surface area contributed by atoms with Crippen molar-refractivity contribution in [3.8, 4) is 0 Å². The van der Waals surface area contributed by atoms with E-state index in [1.807, 2.05) is 16.8 Å². The third-order valence-corrected chi connectivity index (χ3v) is 3.55. The van der Waals surface area contributed by atoms with Gasteiger partial charge in [0.1, 0.15) is 0 Å². The standard InChI is InChI=1S/C14H16OS/c1-10-3-4-11(2)13(7-10)8-14(15)12-5-6-16-9-12/h3-7,9,14-15H,8H2,1-2H3. The second kappa shape index (κ2) is 4.81. The molecule has 0 saturated heterocycles. The summed E-state index contributed by atoms with van der Waals surface area (Å²) < 4.78 is 0. The van der Waals surface area contributed by atoms with Gasteiger partial charge in [0.15, 0.2) is 0 Å². The Morgan fingerprint density at radius 3 is 2.75 bits per heavy atom. The van der Waals surface area contributed by atoms with E-state index in [4.69, 9.17) is 0 Å². The van der Waals surface area contributed by atoms with Gasteiger partial charge in [-0.15, -0.1) is 0 Å². The third-order valence-electron chi connectivity index (χ3n) is 2.85. The first-order valence-corrected chi connectivity index (χ1v) is 6.37. The smallest absolute Gasteiger partial charge is 0.0838 e. The normalized spacial score (nSPS) is 12.7. The minimum absolute atomic E-state index is 0.383. The highest BCUT2D eigenvalue weighted by Crippen LogP contribution is 2.22. The molecule has 1 nitrogen and oxygen atoms in total. The fourth-order valence-electron chi connectivity index (χ4n) is 1.81. The Morgan fingerprint density at radius 1 is 1.25 bits per heavy atom. The number of aliphatic hydroxyl groups excluding tert-OH is 1. The Hall–Kier alpha value is -1.12. The van der Waals surface area contributed by atoms with Crippen LogP contribution in [0.15, 0.2) is 35.0 Å². The molecule has 2 rings (SSSR count). The van der Waals surface area contributed by atoms with Crippen molar-refractivity contribution in [2.75, 3.05) is 0 Å². The summed E-state index contributed by atoms with van der Waals surface area (Å²) >= 11 is 1.63. The second-order valence-corrected chi connectivity index (χ2v) is 4.99. The second-order valence-electron chi connectivity index (χ2n) is 4.21. The first-order chi connectivity index (χ1) is 7.66. The highest BCUT2D eigenvalue weighted by molar-refractivity contribution is 7.07. The summed E-state index contributed by atoms with van der Waals surface area (Å²) in [5.74, 6) is 0. The fraction of sp³-hybridized carbons (Fsp3) is 0.286. The van der Waals surface area contributed by atoms with Gasteiger partial charge < -0.3 is 5.11 Å². The number of benzene rings is 1. The van der Waals surface area contributed by atoms with Gasteiger partial charge in [0.2, 0.25) is 0 Å². The van der Waals surface area contributed by atoms with Gasteiger partial charge in [-0.3, -0.25) is 0 Å². The van der Waals surface area contributed by atoms with E-state index in [2.05, 4.69) is 32.0 Å². The highest BCUT2D eigenvalue weighted by Gasteiger charge is 2.10. The molecule has 2 aromatic rings. The van der Waals surface area contributed by atoms with Crippen molar-refractivity contribution in [1.29, 1.82) is 0 Å². The molecule has 0 bridgehead atoms. The maximum Gasteiger partial charge on any atom is 0.0838 e. The number of rotatable bonds is 3. The van der Waals surface area contributed by atoms with Crippen LogP contribution < -0.4 is 0 Å². The van der Waals surface area contributed by atoms with Crippen molar-refractivity contribution < 1.29 is 5.11 Å². The molecule has 16 heavy (non-hydrogen) atoms. The van der Waals surface area contributed by atoms with Gasteiger partial charge in [-0.2, -0.15) is 11.3 Å². The quantitative estimate of drug-likeness (QED) is 0.856. The maximum absolute atomic E-state index is 10.1. The summed E-state index contributed by atoms with van der Waals surface area (Å²) in [5.41, 5.74) is 4.75. The number of thiophene rings is 1. The van der Waals surface area contributed by atoms with E-state index in [0.29, 0.717) is 6.42 Å². The predicted octanol–water partition coefficient (Wildman–Crippen LogP) is 3.64. The van der Waals surface area contributed by atoms with Crippen molar-refractivity contribution in [2.24, 2.45) is 0 Å². The van der Waals surface area contributed by atoms with Crippen LogP contribution in [0, 0.1) is 13.8 Å². The number of aliphatic hydroxyl groups is 1. The van der Waals surface area contributed by atoms with Crippen LogP contribution in [-0.2, 0) is 6.42 Å². The topological polar surface area (TPSA) is 20.2 Å². The molecule has 0 saturated carbocycles. The zero-order valence-corrected chi connectivity index (χ0v) is 10.4. The zero-order valence-electron chi connectivity index (χ0n) is 9.60. The number of aryl methyl sites for hydroxylation is 2. The Morgan fingerprint density at radius 2 is 2.06 bits per heavy atom. The van der Waals surface area contributed by atoms with Crippen LogP contribution in [-0.4, -0.2) is 5.11 Å². The lowest BCUT2D eigenvalue weighted by Crippen LogP contribution is -2.02. The Bertz CT molecular complexity index is 460. The largest absolute Gasteiger partial charge is 0.388 e. The van der Waals surface area contributed by atoms with Gasteiger partial charge in [-0.05, 0) is 47.4 Å². The molecule has 0 radical (unpaired) electrons.